The van der Waals surface area contributed by atoms with Gasteiger partial charge in [0.1, 0.15) is 0 Å². The molecular formula is C9H10O3. The molecule has 1 rings (SSSR count). The van der Waals surface area contributed by atoms with Gasteiger partial charge in [-0.1, -0.05) is 6.08 Å². The standard InChI is InChI=1S/C9H10O3/c1-12-6-2-3-7-8(10)4-5-9(7)11/h3-5H,2,6H2,1H3. The summed E-state index contributed by atoms with van der Waals surface area (Å²) in [7, 11) is 1.58. The molecule has 0 aromatic carbocycles. The largest absolute Gasteiger partial charge is 0.384 e. The van der Waals surface area contributed by atoms with Crippen LogP contribution in [-0.2, 0) is 14.3 Å². The number of methoxy groups -OCH3 is 1. The van der Waals surface area contributed by atoms with Crippen molar-refractivity contribution in [2.24, 2.45) is 0 Å². The predicted octanol–water partition coefficient (Wildman–Crippen LogP) is 0.657. The highest BCUT2D eigenvalue weighted by molar-refractivity contribution is 6.33. The lowest BCUT2D eigenvalue weighted by Gasteiger charge is -1.93. The molecule has 0 unspecified atom stereocenters. The third-order valence-electron chi connectivity index (χ3n) is 1.59. The van der Waals surface area contributed by atoms with Crippen molar-refractivity contribution < 1.29 is 14.3 Å². The molecule has 0 fully saturated rings. The van der Waals surface area contributed by atoms with E-state index in [1.165, 1.54) is 12.2 Å². The van der Waals surface area contributed by atoms with Crippen LogP contribution >= 0.6 is 0 Å². The molecular weight excluding hydrogens is 156 g/mol. The van der Waals surface area contributed by atoms with Crippen molar-refractivity contribution >= 4 is 11.6 Å². The van der Waals surface area contributed by atoms with E-state index in [0.29, 0.717) is 13.0 Å². The minimum atomic E-state index is -0.198. The Labute approximate surface area is 70.7 Å². The molecule has 0 aliphatic heterocycles. The van der Waals surface area contributed by atoms with Crippen molar-refractivity contribution in [1.29, 1.82) is 0 Å². The second-order valence-electron chi connectivity index (χ2n) is 2.46. The van der Waals surface area contributed by atoms with Gasteiger partial charge in [-0.05, 0) is 18.6 Å². The van der Waals surface area contributed by atoms with Gasteiger partial charge in [0.2, 0.25) is 0 Å². The van der Waals surface area contributed by atoms with Crippen LogP contribution in [0, 0.1) is 0 Å². The monoisotopic (exact) mass is 166 g/mol. The first-order chi connectivity index (χ1) is 5.75. The summed E-state index contributed by atoms with van der Waals surface area (Å²) in [5.41, 5.74) is 0.270. The Hall–Kier alpha value is -1.22. The highest BCUT2D eigenvalue weighted by atomic mass is 16.5. The number of carbonyl (C=O) groups excluding carboxylic acids is 2. The van der Waals surface area contributed by atoms with Crippen molar-refractivity contribution in [3.8, 4) is 0 Å². The fourth-order valence-electron chi connectivity index (χ4n) is 0.975. The van der Waals surface area contributed by atoms with E-state index in [4.69, 9.17) is 4.74 Å². The molecule has 1 aliphatic rings. The Morgan fingerprint density at radius 1 is 1.33 bits per heavy atom. The average Bonchev–Trinajstić information content (AvgIpc) is 2.35. The Morgan fingerprint density at radius 3 is 2.42 bits per heavy atom. The molecule has 3 heteroatoms. The summed E-state index contributed by atoms with van der Waals surface area (Å²) >= 11 is 0. The molecule has 0 radical (unpaired) electrons. The van der Waals surface area contributed by atoms with E-state index in [2.05, 4.69) is 0 Å². The lowest BCUT2D eigenvalue weighted by molar-refractivity contribution is -0.115. The molecule has 0 aromatic rings. The van der Waals surface area contributed by atoms with Gasteiger partial charge in [0, 0.05) is 13.7 Å². The van der Waals surface area contributed by atoms with Crippen LogP contribution in [0.5, 0.6) is 0 Å². The summed E-state index contributed by atoms with van der Waals surface area (Å²) in [4.78, 5) is 21.9. The fourth-order valence-corrected chi connectivity index (χ4v) is 0.975. The number of carbonyl (C=O) groups is 2. The molecule has 0 bridgehead atoms. The van der Waals surface area contributed by atoms with Gasteiger partial charge in [0.25, 0.3) is 0 Å². The quantitative estimate of drug-likeness (QED) is 0.351. The highest BCUT2D eigenvalue weighted by Crippen LogP contribution is 2.09. The van der Waals surface area contributed by atoms with Crippen molar-refractivity contribution in [2.45, 2.75) is 6.42 Å². The number of hydrogen-bond donors (Lipinski definition) is 0. The third kappa shape index (κ3) is 1.89. The number of ketones is 2. The Kier molecular flexibility index (Phi) is 2.94. The molecule has 0 heterocycles. The first-order valence-electron chi connectivity index (χ1n) is 3.71. The van der Waals surface area contributed by atoms with Crippen molar-refractivity contribution in [1.82, 2.24) is 0 Å². The first-order valence-corrected chi connectivity index (χ1v) is 3.71. The third-order valence-corrected chi connectivity index (χ3v) is 1.59. The molecule has 0 spiro atoms. The van der Waals surface area contributed by atoms with E-state index in [-0.39, 0.29) is 17.1 Å². The topological polar surface area (TPSA) is 43.4 Å². The maximum absolute atomic E-state index is 11.0. The number of hydrogen-bond acceptors (Lipinski definition) is 3. The summed E-state index contributed by atoms with van der Waals surface area (Å²) in [6, 6.07) is 0. The van der Waals surface area contributed by atoms with Gasteiger partial charge in [-0.15, -0.1) is 0 Å². The van der Waals surface area contributed by atoms with Crippen LogP contribution in [0.2, 0.25) is 0 Å². The zero-order valence-corrected chi connectivity index (χ0v) is 6.87. The van der Waals surface area contributed by atoms with E-state index < -0.39 is 0 Å². The van der Waals surface area contributed by atoms with Crippen LogP contribution in [0.25, 0.3) is 0 Å². The van der Waals surface area contributed by atoms with Crippen LogP contribution in [-0.4, -0.2) is 25.3 Å². The maximum atomic E-state index is 11.0. The molecule has 1 aliphatic carbocycles. The second-order valence-corrected chi connectivity index (χ2v) is 2.46. The Bertz CT molecular complexity index is 241. The summed E-state index contributed by atoms with van der Waals surface area (Å²) < 4.78 is 4.78. The van der Waals surface area contributed by atoms with Crippen molar-refractivity contribution in [2.75, 3.05) is 13.7 Å². The molecule has 0 amide bonds. The molecule has 0 N–H and O–H groups in total. The number of rotatable bonds is 3. The van der Waals surface area contributed by atoms with Gasteiger partial charge in [-0.25, -0.2) is 0 Å². The zero-order chi connectivity index (χ0) is 8.97. The zero-order valence-electron chi connectivity index (χ0n) is 6.87. The summed E-state index contributed by atoms with van der Waals surface area (Å²) in [6.07, 6.45) is 4.81. The molecule has 0 saturated carbocycles. The number of ether oxygens (including phenoxy) is 1. The summed E-state index contributed by atoms with van der Waals surface area (Å²) in [5, 5.41) is 0. The molecule has 3 nitrogen and oxygen atoms in total. The Balaban J connectivity index is 2.57. The summed E-state index contributed by atoms with van der Waals surface area (Å²) in [6.45, 7) is 0.532. The second kappa shape index (κ2) is 3.97. The maximum Gasteiger partial charge on any atom is 0.189 e. The lowest BCUT2D eigenvalue weighted by Crippen LogP contribution is -2.01. The molecule has 12 heavy (non-hydrogen) atoms. The summed E-state index contributed by atoms with van der Waals surface area (Å²) in [5.74, 6) is -0.396. The lowest BCUT2D eigenvalue weighted by atomic mass is 10.1. The van der Waals surface area contributed by atoms with E-state index in [1.807, 2.05) is 0 Å². The van der Waals surface area contributed by atoms with Crippen molar-refractivity contribution in [3.05, 3.63) is 23.8 Å². The average molecular weight is 166 g/mol. The Morgan fingerprint density at radius 2 is 1.92 bits per heavy atom. The van der Waals surface area contributed by atoms with Gasteiger partial charge < -0.3 is 4.74 Å². The molecule has 0 saturated heterocycles. The molecule has 0 aromatic heterocycles. The van der Waals surface area contributed by atoms with Crippen LogP contribution in [0.15, 0.2) is 23.8 Å². The van der Waals surface area contributed by atoms with Gasteiger partial charge in [0.05, 0.1) is 5.57 Å². The molecule has 64 valence electrons. The van der Waals surface area contributed by atoms with E-state index in [9.17, 15) is 9.59 Å². The minimum absolute atomic E-state index is 0.198. The SMILES string of the molecule is COCCC=C1C(=O)C=CC1=O. The van der Waals surface area contributed by atoms with E-state index >= 15 is 0 Å². The van der Waals surface area contributed by atoms with Crippen LogP contribution in [0.4, 0.5) is 0 Å². The van der Waals surface area contributed by atoms with E-state index in [0.717, 1.165) is 0 Å². The smallest absolute Gasteiger partial charge is 0.189 e. The van der Waals surface area contributed by atoms with E-state index in [1.54, 1.807) is 13.2 Å². The van der Waals surface area contributed by atoms with Crippen LogP contribution < -0.4 is 0 Å². The molecule has 0 atom stereocenters. The van der Waals surface area contributed by atoms with Crippen LogP contribution in [0.3, 0.4) is 0 Å². The van der Waals surface area contributed by atoms with Gasteiger partial charge in [0.15, 0.2) is 11.6 Å². The first kappa shape index (κ1) is 8.87. The van der Waals surface area contributed by atoms with Crippen molar-refractivity contribution in [3.63, 3.8) is 0 Å². The number of allylic oxidation sites excluding steroid dienone is 3. The van der Waals surface area contributed by atoms with Gasteiger partial charge >= 0.3 is 0 Å². The van der Waals surface area contributed by atoms with Gasteiger partial charge in [-0.3, -0.25) is 9.59 Å². The highest BCUT2D eigenvalue weighted by Gasteiger charge is 2.18. The minimum Gasteiger partial charge on any atom is -0.384 e. The fraction of sp³-hybridized carbons (Fsp3) is 0.333. The van der Waals surface area contributed by atoms with Gasteiger partial charge in [-0.2, -0.15) is 0 Å². The normalized spacial score (nSPS) is 15.9. The van der Waals surface area contributed by atoms with Crippen LogP contribution in [0.1, 0.15) is 6.42 Å². The predicted molar refractivity (Wildman–Crippen MR) is 43.7 cm³/mol.